The third-order valence-corrected chi connectivity index (χ3v) is 4.94. The summed E-state index contributed by atoms with van der Waals surface area (Å²) in [5.41, 5.74) is 3.64. The van der Waals surface area contributed by atoms with Gasteiger partial charge in [-0.3, -0.25) is 0 Å². The first kappa shape index (κ1) is 18.4. The maximum Gasteiger partial charge on any atom is 0.163 e. The molecule has 1 N–H and O–H groups in total. The molecule has 26 heavy (non-hydrogen) atoms. The fourth-order valence-electron chi connectivity index (χ4n) is 3.76. The molecule has 1 aliphatic heterocycles. The molecule has 0 bridgehead atoms. The zero-order valence-electron chi connectivity index (χ0n) is 16.1. The summed E-state index contributed by atoms with van der Waals surface area (Å²) in [5.74, 6) is 3.07. The van der Waals surface area contributed by atoms with Gasteiger partial charge in [0.15, 0.2) is 23.0 Å². The highest BCUT2D eigenvalue weighted by atomic mass is 16.5. The second-order valence-corrected chi connectivity index (χ2v) is 6.59. The molecule has 1 heterocycles. The van der Waals surface area contributed by atoms with Crippen molar-refractivity contribution in [2.24, 2.45) is 0 Å². The second-order valence-electron chi connectivity index (χ2n) is 6.59. The van der Waals surface area contributed by atoms with Crippen molar-refractivity contribution in [3.63, 3.8) is 0 Å². The van der Waals surface area contributed by atoms with Crippen molar-refractivity contribution in [3.05, 3.63) is 47.0 Å². The normalized spacial score (nSPS) is 18.8. The first-order chi connectivity index (χ1) is 12.6. The van der Waals surface area contributed by atoms with E-state index in [-0.39, 0.29) is 6.04 Å². The molecule has 2 unspecified atom stereocenters. The molecule has 0 amide bonds. The Labute approximate surface area is 155 Å². The molecule has 140 valence electrons. The zero-order chi connectivity index (χ0) is 18.7. The number of benzene rings is 2. The van der Waals surface area contributed by atoms with E-state index in [1.54, 1.807) is 28.4 Å². The number of fused-ring (bicyclic) bond motifs is 1. The summed E-state index contributed by atoms with van der Waals surface area (Å²) in [6.45, 7) is 2.20. The van der Waals surface area contributed by atoms with Crippen LogP contribution in [0.2, 0.25) is 0 Å². The minimum Gasteiger partial charge on any atom is -0.493 e. The highest BCUT2D eigenvalue weighted by Crippen LogP contribution is 2.39. The monoisotopic (exact) mass is 357 g/mol. The number of rotatable bonds is 6. The Kier molecular flexibility index (Phi) is 5.57. The summed E-state index contributed by atoms with van der Waals surface area (Å²) in [4.78, 5) is 0. The van der Waals surface area contributed by atoms with E-state index in [1.165, 1.54) is 11.1 Å². The number of methoxy groups -OCH3 is 4. The molecule has 5 nitrogen and oxygen atoms in total. The predicted octanol–water partition coefficient (Wildman–Crippen LogP) is 3.54. The van der Waals surface area contributed by atoms with E-state index in [9.17, 15) is 0 Å². The van der Waals surface area contributed by atoms with Crippen LogP contribution in [0, 0.1) is 0 Å². The van der Waals surface area contributed by atoms with E-state index in [0.29, 0.717) is 6.04 Å². The number of nitrogens with one attached hydrogen (secondary N) is 1. The maximum absolute atomic E-state index is 5.61. The number of para-hydroxylation sites is 1. The molecule has 2 atom stereocenters. The van der Waals surface area contributed by atoms with Gasteiger partial charge in [-0.25, -0.2) is 0 Å². The molecule has 2 aromatic carbocycles. The first-order valence-corrected chi connectivity index (χ1v) is 8.82. The average Bonchev–Trinajstić information content (AvgIpc) is 2.66. The van der Waals surface area contributed by atoms with Gasteiger partial charge >= 0.3 is 0 Å². The van der Waals surface area contributed by atoms with Crippen molar-refractivity contribution >= 4 is 0 Å². The Morgan fingerprint density at radius 2 is 1.62 bits per heavy atom. The van der Waals surface area contributed by atoms with E-state index in [0.717, 1.165) is 41.4 Å². The molecule has 0 saturated carbocycles. The van der Waals surface area contributed by atoms with Gasteiger partial charge in [-0.15, -0.1) is 0 Å². The van der Waals surface area contributed by atoms with Crippen LogP contribution < -0.4 is 24.3 Å². The van der Waals surface area contributed by atoms with E-state index in [4.69, 9.17) is 18.9 Å². The molecule has 0 aromatic heterocycles. The molecule has 0 aliphatic carbocycles. The lowest BCUT2D eigenvalue weighted by atomic mass is 9.87. The molecule has 0 spiro atoms. The summed E-state index contributed by atoms with van der Waals surface area (Å²) >= 11 is 0. The van der Waals surface area contributed by atoms with Crippen molar-refractivity contribution in [2.75, 3.05) is 28.4 Å². The van der Waals surface area contributed by atoms with Crippen LogP contribution in [0.1, 0.15) is 29.7 Å². The Morgan fingerprint density at radius 3 is 2.27 bits per heavy atom. The topological polar surface area (TPSA) is 49.0 Å². The fourth-order valence-corrected chi connectivity index (χ4v) is 3.76. The molecular weight excluding hydrogens is 330 g/mol. The van der Waals surface area contributed by atoms with Crippen LogP contribution in [0.15, 0.2) is 30.3 Å². The summed E-state index contributed by atoms with van der Waals surface area (Å²) in [6, 6.07) is 10.7. The van der Waals surface area contributed by atoms with E-state index >= 15 is 0 Å². The summed E-state index contributed by atoms with van der Waals surface area (Å²) in [6.07, 6.45) is 1.76. The van der Waals surface area contributed by atoms with Gasteiger partial charge in [0.1, 0.15) is 0 Å². The number of hydrogen-bond acceptors (Lipinski definition) is 5. The summed E-state index contributed by atoms with van der Waals surface area (Å²) < 4.78 is 22.0. The molecule has 0 fully saturated rings. The average molecular weight is 357 g/mol. The van der Waals surface area contributed by atoms with Gasteiger partial charge in [-0.2, -0.15) is 0 Å². The molecule has 5 heteroatoms. The van der Waals surface area contributed by atoms with Gasteiger partial charge < -0.3 is 24.3 Å². The van der Waals surface area contributed by atoms with Crippen molar-refractivity contribution < 1.29 is 18.9 Å². The molecular formula is C21H27NO4. The third-order valence-electron chi connectivity index (χ3n) is 4.94. The largest absolute Gasteiger partial charge is 0.493 e. The lowest BCUT2D eigenvalue weighted by Crippen LogP contribution is -2.38. The van der Waals surface area contributed by atoms with Crippen LogP contribution in [-0.2, 0) is 12.8 Å². The summed E-state index contributed by atoms with van der Waals surface area (Å²) in [5, 5.41) is 3.71. The SMILES string of the molecule is COc1cc2c(cc1OC)C(Cc1cccc(OC)c1OC)NC(C)C2. The molecule has 2 aromatic rings. The Bertz CT molecular complexity index is 775. The Hall–Kier alpha value is -2.40. The predicted molar refractivity (Wildman–Crippen MR) is 102 cm³/mol. The third kappa shape index (κ3) is 3.44. The fraction of sp³-hybridized carbons (Fsp3) is 0.429. The first-order valence-electron chi connectivity index (χ1n) is 8.82. The molecule has 1 aliphatic rings. The molecule has 0 radical (unpaired) electrons. The minimum atomic E-state index is 0.162. The maximum atomic E-state index is 5.61. The van der Waals surface area contributed by atoms with Crippen LogP contribution in [0.5, 0.6) is 23.0 Å². The molecule has 0 saturated heterocycles. The van der Waals surface area contributed by atoms with E-state index < -0.39 is 0 Å². The highest BCUT2D eigenvalue weighted by molar-refractivity contribution is 5.51. The second kappa shape index (κ2) is 7.87. The van der Waals surface area contributed by atoms with Gasteiger partial charge in [-0.1, -0.05) is 12.1 Å². The number of hydrogen-bond donors (Lipinski definition) is 1. The van der Waals surface area contributed by atoms with Gasteiger partial charge in [0.25, 0.3) is 0 Å². The van der Waals surface area contributed by atoms with Crippen LogP contribution in [0.3, 0.4) is 0 Å². The van der Waals surface area contributed by atoms with Crippen molar-refractivity contribution in [2.45, 2.75) is 31.8 Å². The lowest BCUT2D eigenvalue weighted by Gasteiger charge is -2.32. The standard InChI is InChI=1S/C21H27NO4/c1-13-9-15-11-19(24-3)20(25-4)12-16(15)17(22-13)10-14-7-6-8-18(23-2)21(14)26-5/h6-8,11-13,17,22H,9-10H2,1-5H3. The Morgan fingerprint density at radius 1 is 0.923 bits per heavy atom. The van der Waals surface area contributed by atoms with Gasteiger partial charge in [0, 0.05) is 12.1 Å². The molecule has 3 rings (SSSR count). The van der Waals surface area contributed by atoms with Crippen molar-refractivity contribution in [1.29, 1.82) is 0 Å². The minimum absolute atomic E-state index is 0.162. The van der Waals surface area contributed by atoms with E-state index in [1.807, 2.05) is 12.1 Å². The quantitative estimate of drug-likeness (QED) is 0.857. The van der Waals surface area contributed by atoms with Crippen LogP contribution in [0.25, 0.3) is 0 Å². The van der Waals surface area contributed by atoms with Gasteiger partial charge in [0.2, 0.25) is 0 Å². The smallest absolute Gasteiger partial charge is 0.163 e. The summed E-state index contributed by atoms with van der Waals surface area (Å²) in [7, 11) is 6.69. The van der Waals surface area contributed by atoms with Gasteiger partial charge in [0.05, 0.1) is 28.4 Å². The van der Waals surface area contributed by atoms with Crippen LogP contribution in [0.4, 0.5) is 0 Å². The van der Waals surface area contributed by atoms with E-state index in [2.05, 4.69) is 30.4 Å². The highest BCUT2D eigenvalue weighted by Gasteiger charge is 2.27. The van der Waals surface area contributed by atoms with Crippen molar-refractivity contribution in [3.8, 4) is 23.0 Å². The van der Waals surface area contributed by atoms with Gasteiger partial charge in [-0.05, 0) is 54.7 Å². The lowest BCUT2D eigenvalue weighted by molar-refractivity contribution is 0.344. The zero-order valence-corrected chi connectivity index (χ0v) is 16.1. The Balaban J connectivity index is 2.00. The van der Waals surface area contributed by atoms with Crippen molar-refractivity contribution in [1.82, 2.24) is 5.32 Å². The van der Waals surface area contributed by atoms with Crippen LogP contribution in [-0.4, -0.2) is 34.5 Å². The van der Waals surface area contributed by atoms with Crippen LogP contribution >= 0.6 is 0 Å². The number of ether oxygens (including phenoxy) is 4.